The zero-order chi connectivity index (χ0) is 12.5. The maximum absolute atomic E-state index is 12.1. The van der Waals surface area contributed by atoms with Gasteiger partial charge in [0.15, 0.2) is 5.78 Å². The maximum Gasteiger partial charge on any atom is 0.573 e. The monoisotopic (exact) mass is 408 g/mol. The van der Waals surface area contributed by atoms with Crippen LogP contribution in [0.3, 0.4) is 0 Å². The van der Waals surface area contributed by atoms with Crippen LogP contribution in [0.15, 0.2) is 16.6 Å². The number of carbonyl (C=O) groups is 1. The number of rotatable bonds is 2. The summed E-state index contributed by atoms with van der Waals surface area (Å²) in [6, 6.07) is 2.70. The first-order chi connectivity index (χ1) is 7.20. The molecule has 0 spiro atoms. The number of benzene rings is 1. The van der Waals surface area contributed by atoms with Crippen molar-refractivity contribution in [3.8, 4) is 5.75 Å². The number of Topliss-reactive ketones (excluding diaryl/α,β-unsaturated/α-hetero) is 1. The fraction of sp³-hybridized carbons (Fsp3) is 0.222. The van der Waals surface area contributed by atoms with Crippen molar-refractivity contribution < 1.29 is 22.7 Å². The van der Waals surface area contributed by atoms with Crippen molar-refractivity contribution in [2.24, 2.45) is 0 Å². The van der Waals surface area contributed by atoms with Gasteiger partial charge in [-0.1, -0.05) is 0 Å². The van der Waals surface area contributed by atoms with Gasteiger partial charge in [0.1, 0.15) is 5.75 Å². The van der Waals surface area contributed by atoms with E-state index in [9.17, 15) is 18.0 Å². The highest BCUT2D eigenvalue weighted by molar-refractivity contribution is 14.1. The van der Waals surface area contributed by atoms with Gasteiger partial charge in [-0.2, -0.15) is 0 Å². The molecule has 7 heteroatoms. The molecule has 2 nitrogen and oxygen atoms in total. The number of carbonyl (C=O) groups excluding carboxylic acids is 1. The van der Waals surface area contributed by atoms with Crippen molar-refractivity contribution in [2.45, 2.75) is 13.3 Å². The van der Waals surface area contributed by atoms with E-state index in [1.165, 1.54) is 6.92 Å². The lowest BCUT2D eigenvalue weighted by molar-refractivity contribution is -0.274. The summed E-state index contributed by atoms with van der Waals surface area (Å²) in [6.07, 6.45) is -4.81. The molecular weight excluding hydrogens is 404 g/mol. The first-order valence-electron chi connectivity index (χ1n) is 3.96. The van der Waals surface area contributed by atoms with E-state index >= 15 is 0 Å². The van der Waals surface area contributed by atoms with Crippen LogP contribution in [0.2, 0.25) is 0 Å². The molecule has 0 aliphatic heterocycles. The lowest BCUT2D eigenvalue weighted by Gasteiger charge is -2.13. The Hall–Kier alpha value is -0.310. The zero-order valence-electron chi connectivity index (χ0n) is 7.86. The molecule has 0 atom stereocenters. The van der Waals surface area contributed by atoms with Crippen molar-refractivity contribution in [2.75, 3.05) is 0 Å². The van der Waals surface area contributed by atoms with Crippen molar-refractivity contribution in [3.05, 3.63) is 25.7 Å². The van der Waals surface area contributed by atoms with Gasteiger partial charge < -0.3 is 4.74 Å². The van der Waals surface area contributed by atoms with Gasteiger partial charge >= 0.3 is 6.36 Å². The Morgan fingerprint density at radius 3 is 2.44 bits per heavy atom. The van der Waals surface area contributed by atoms with Crippen LogP contribution in [0, 0.1) is 3.57 Å². The average molecular weight is 409 g/mol. The Morgan fingerprint density at radius 1 is 1.44 bits per heavy atom. The summed E-state index contributed by atoms with van der Waals surface area (Å²) < 4.78 is 40.9. The fourth-order valence-electron chi connectivity index (χ4n) is 1.10. The van der Waals surface area contributed by atoms with Crippen LogP contribution in [0.5, 0.6) is 5.75 Å². The van der Waals surface area contributed by atoms with E-state index in [0.717, 1.165) is 6.07 Å². The van der Waals surface area contributed by atoms with Crippen LogP contribution in [0.4, 0.5) is 13.2 Å². The Bertz CT molecular complexity index is 431. The van der Waals surface area contributed by atoms with E-state index in [1.807, 2.05) is 22.6 Å². The van der Waals surface area contributed by atoms with Crippen molar-refractivity contribution in [3.63, 3.8) is 0 Å². The minimum Gasteiger partial charge on any atom is -0.405 e. The maximum atomic E-state index is 12.1. The molecule has 0 unspecified atom stereocenters. The summed E-state index contributed by atoms with van der Waals surface area (Å²) in [6.45, 7) is 1.18. The second-order valence-corrected chi connectivity index (χ2v) is 4.96. The number of halogens is 5. The van der Waals surface area contributed by atoms with Gasteiger partial charge in [-0.15, -0.1) is 13.2 Å². The average Bonchev–Trinajstić information content (AvgIpc) is 1.96. The van der Waals surface area contributed by atoms with Gasteiger partial charge in [0.2, 0.25) is 0 Å². The molecule has 0 radical (unpaired) electrons. The normalized spacial score (nSPS) is 11.4. The molecule has 0 saturated heterocycles. The van der Waals surface area contributed by atoms with Crippen molar-refractivity contribution in [1.29, 1.82) is 0 Å². The number of alkyl halides is 3. The molecular formula is C9H5BrF3IO2. The molecule has 88 valence electrons. The van der Waals surface area contributed by atoms with E-state index in [4.69, 9.17) is 0 Å². The molecule has 1 aromatic carbocycles. The third-order valence-electron chi connectivity index (χ3n) is 1.60. The third kappa shape index (κ3) is 3.62. The van der Waals surface area contributed by atoms with E-state index in [0.29, 0.717) is 3.57 Å². The number of ether oxygens (including phenoxy) is 1. The summed E-state index contributed by atoms with van der Waals surface area (Å²) in [5, 5.41) is 0. The Balaban J connectivity index is 3.30. The molecule has 1 rings (SSSR count). The van der Waals surface area contributed by atoms with Crippen LogP contribution < -0.4 is 4.74 Å². The molecule has 0 bridgehead atoms. The van der Waals surface area contributed by atoms with E-state index in [1.54, 1.807) is 6.07 Å². The minimum absolute atomic E-state index is 0.113. The van der Waals surface area contributed by atoms with Crippen LogP contribution in [0.25, 0.3) is 0 Å². The molecule has 0 aromatic heterocycles. The molecule has 0 fully saturated rings. The highest BCUT2D eigenvalue weighted by Crippen LogP contribution is 2.33. The molecule has 0 heterocycles. The summed E-state index contributed by atoms with van der Waals surface area (Å²) in [4.78, 5) is 11.2. The predicted octanol–water partition coefficient (Wildman–Crippen LogP) is 4.15. The lowest BCUT2D eigenvalue weighted by Crippen LogP contribution is -2.19. The van der Waals surface area contributed by atoms with Gasteiger partial charge in [-0.25, -0.2) is 0 Å². The highest BCUT2D eigenvalue weighted by atomic mass is 127. The Morgan fingerprint density at radius 2 is 2.00 bits per heavy atom. The summed E-state index contributed by atoms with van der Waals surface area (Å²) >= 11 is 4.87. The van der Waals surface area contributed by atoms with Gasteiger partial charge in [0.05, 0.1) is 5.56 Å². The van der Waals surface area contributed by atoms with E-state index < -0.39 is 17.9 Å². The first kappa shape index (κ1) is 13.8. The van der Waals surface area contributed by atoms with Gasteiger partial charge in [-0.3, -0.25) is 4.79 Å². The molecule has 0 saturated carbocycles. The topological polar surface area (TPSA) is 26.3 Å². The van der Waals surface area contributed by atoms with Crippen LogP contribution in [-0.4, -0.2) is 12.1 Å². The lowest BCUT2D eigenvalue weighted by atomic mass is 10.1. The van der Waals surface area contributed by atoms with E-state index in [-0.39, 0.29) is 10.0 Å². The summed E-state index contributed by atoms with van der Waals surface area (Å²) in [7, 11) is 0. The minimum atomic E-state index is -4.81. The van der Waals surface area contributed by atoms with Gasteiger partial charge in [0.25, 0.3) is 0 Å². The number of hydrogen-bond acceptors (Lipinski definition) is 2. The number of ketones is 1. The second kappa shape index (κ2) is 4.91. The van der Waals surface area contributed by atoms with E-state index in [2.05, 4.69) is 20.7 Å². The standard InChI is InChI=1S/C9H5BrF3IO2/c1-4(15)8-6(10)2-5(14)3-7(8)16-9(11,12)13/h2-3H,1H3. The zero-order valence-corrected chi connectivity index (χ0v) is 11.6. The molecule has 0 aliphatic rings. The third-order valence-corrected chi connectivity index (χ3v) is 2.84. The molecule has 0 N–H and O–H groups in total. The largest absolute Gasteiger partial charge is 0.573 e. The summed E-state index contributed by atoms with van der Waals surface area (Å²) in [5.74, 6) is -0.985. The number of hydrogen-bond donors (Lipinski definition) is 0. The van der Waals surface area contributed by atoms with Crippen LogP contribution >= 0.6 is 38.5 Å². The fourth-order valence-corrected chi connectivity index (χ4v) is 2.84. The molecule has 1 aromatic rings. The predicted molar refractivity (Wildman–Crippen MR) is 63.5 cm³/mol. The highest BCUT2D eigenvalue weighted by Gasteiger charge is 2.33. The van der Waals surface area contributed by atoms with Crippen LogP contribution in [0.1, 0.15) is 17.3 Å². The quantitative estimate of drug-likeness (QED) is 0.542. The SMILES string of the molecule is CC(=O)c1c(Br)cc(I)cc1OC(F)(F)F. The van der Waals surface area contributed by atoms with Gasteiger partial charge in [-0.05, 0) is 57.6 Å². The molecule has 0 aliphatic carbocycles. The van der Waals surface area contributed by atoms with Crippen molar-refractivity contribution >= 4 is 44.3 Å². The molecule has 16 heavy (non-hydrogen) atoms. The van der Waals surface area contributed by atoms with Crippen molar-refractivity contribution in [1.82, 2.24) is 0 Å². The summed E-state index contributed by atoms with van der Waals surface area (Å²) in [5.41, 5.74) is -0.113. The Labute approximate surface area is 111 Å². The van der Waals surface area contributed by atoms with Crippen LogP contribution in [-0.2, 0) is 0 Å². The first-order valence-corrected chi connectivity index (χ1v) is 5.83. The molecule has 0 amide bonds. The Kier molecular flexibility index (Phi) is 4.22. The van der Waals surface area contributed by atoms with Gasteiger partial charge in [0, 0.05) is 8.04 Å². The smallest absolute Gasteiger partial charge is 0.405 e. The second-order valence-electron chi connectivity index (χ2n) is 2.86.